The quantitative estimate of drug-likeness (QED) is 0.287. The Kier molecular flexibility index (Phi) is 6.87. The van der Waals surface area contributed by atoms with Crippen molar-refractivity contribution >= 4 is 56.2 Å². The summed E-state index contributed by atoms with van der Waals surface area (Å²) in [6.45, 7) is 1.25. The molecular weight excluding hydrogens is 534 g/mol. The molecule has 0 unspecified atom stereocenters. The number of halogens is 1. The van der Waals surface area contributed by atoms with Gasteiger partial charge in [0, 0.05) is 23.9 Å². The summed E-state index contributed by atoms with van der Waals surface area (Å²) >= 11 is 10.4. The van der Waals surface area contributed by atoms with E-state index in [1.807, 2.05) is 65.5 Å². The van der Waals surface area contributed by atoms with E-state index in [1.165, 1.54) is 11.8 Å². The number of ether oxygens (including phenoxy) is 2. The van der Waals surface area contributed by atoms with Gasteiger partial charge in [0.15, 0.2) is 0 Å². The second-order valence-corrected chi connectivity index (χ2v) is 10.5. The van der Waals surface area contributed by atoms with Gasteiger partial charge in [-0.3, -0.25) is 9.69 Å². The zero-order chi connectivity index (χ0) is 23.7. The molecule has 0 aliphatic carbocycles. The lowest BCUT2D eigenvalue weighted by molar-refractivity contribution is -0.123. The van der Waals surface area contributed by atoms with Crippen LogP contribution in [0, 0.1) is 0 Å². The summed E-state index contributed by atoms with van der Waals surface area (Å²) in [5.41, 5.74) is 3.43. The van der Waals surface area contributed by atoms with Crippen molar-refractivity contribution in [3.8, 4) is 22.7 Å². The Balaban J connectivity index is 1.53. The molecule has 5 rings (SSSR count). The van der Waals surface area contributed by atoms with Crippen LogP contribution in [0.25, 0.3) is 23.0 Å². The Hall–Kier alpha value is -2.46. The number of methoxy groups -OCH3 is 1. The maximum atomic E-state index is 13.2. The van der Waals surface area contributed by atoms with Crippen molar-refractivity contribution in [3.63, 3.8) is 0 Å². The summed E-state index contributed by atoms with van der Waals surface area (Å²) in [6, 6.07) is 15.7. The zero-order valence-corrected chi connectivity index (χ0v) is 21.7. The Morgan fingerprint density at radius 1 is 1.29 bits per heavy atom. The molecule has 0 spiro atoms. The number of carbonyl (C=O) groups excluding carboxylic acids is 1. The van der Waals surface area contributed by atoms with E-state index in [0.717, 1.165) is 52.2 Å². The number of rotatable bonds is 6. The van der Waals surface area contributed by atoms with Crippen molar-refractivity contribution in [2.45, 2.75) is 18.9 Å². The van der Waals surface area contributed by atoms with Gasteiger partial charge in [-0.25, -0.2) is 4.68 Å². The predicted molar refractivity (Wildman–Crippen MR) is 142 cm³/mol. The molecular formula is C25H22BrN3O3S2. The fraction of sp³-hybridized carbons (Fsp3) is 0.240. The number of hydrogen-bond acceptors (Lipinski definition) is 6. The maximum Gasteiger partial charge on any atom is 0.266 e. The highest BCUT2D eigenvalue weighted by atomic mass is 79.9. The third kappa shape index (κ3) is 4.70. The molecule has 34 heavy (non-hydrogen) atoms. The van der Waals surface area contributed by atoms with E-state index < -0.39 is 0 Å². The summed E-state index contributed by atoms with van der Waals surface area (Å²) in [4.78, 5) is 15.5. The molecule has 0 radical (unpaired) electrons. The fourth-order valence-corrected chi connectivity index (χ4v) is 5.84. The molecule has 3 heterocycles. The Morgan fingerprint density at radius 2 is 2.12 bits per heavy atom. The number of thioether (sulfide) groups is 1. The van der Waals surface area contributed by atoms with Gasteiger partial charge in [-0.15, -0.1) is 0 Å². The zero-order valence-electron chi connectivity index (χ0n) is 18.4. The van der Waals surface area contributed by atoms with Gasteiger partial charge in [0.05, 0.1) is 34.8 Å². The number of amides is 1. The molecule has 6 nitrogen and oxygen atoms in total. The molecule has 9 heteroatoms. The lowest BCUT2D eigenvalue weighted by Gasteiger charge is -2.18. The number of thiocarbonyl (C=S) groups is 1. The summed E-state index contributed by atoms with van der Waals surface area (Å²) in [7, 11) is 1.63. The van der Waals surface area contributed by atoms with Crippen LogP contribution in [0.2, 0.25) is 0 Å². The van der Waals surface area contributed by atoms with Crippen molar-refractivity contribution < 1.29 is 14.3 Å². The predicted octanol–water partition coefficient (Wildman–Crippen LogP) is 5.69. The summed E-state index contributed by atoms with van der Waals surface area (Å²) in [5.74, 6) is 0.655. The van der Waals surface area contributed by atoms with Gasteiger partial charge in [0.1, 0.15) is 15.8 Å². The highest BCUT2D eigenvalue weighted by Crippen LogP contribution is 2.37. The monoisotopic (exact) mass is 555 g/mol. The molecule has 2 fully saturated rings. The van der Waals surface area contributed by atoms with Crippen LogP contribution in [-0.2, 0) is 9.53 Å². The van der Waals surface area contributed by atoms with Crippen molar-refractivity contribution in [2.24, 2.45) is 0 Å². The molecule has 3 aromatic rings. The summed E-state index contributed by atoms with van der Waals surface area (Å²) in [5, 5.41) is 4.86. The number of benzene rings is 2. The van der Waals surface area contributed by atoms with Gasteiger partial charge in [0.2, 0.25) is 0 Å². The van der Waals surface area contributed by atoms with Crippen LogP contribution in [-0.4, -0.2) is 51.3 Å². The van der Waals surface area contributed by atoms with Crippen LogP contribution in [0.3, 0.4) is 0 Å². The van der Waals surface area contributed by atoms with E-state index in [9.17, 15) is 4.79 Å². The fourth-order valence-electron chi connectivity index (χ4n) is 4.03. The SMILES string of the molecule is COc1ccc(-c2nn(-c3ccccc3)cc2/C=C2\SC(=S)N(C[C@H]3CCCO3)C2=O)cc1Br. The molecule has 1 aromatic heterocycles. The third-order valence-corrected chi connectivity index (χ3v) is 7.76. The first-order valence-electron chi connectivity index (χ1n) is 10.9. The van der Waals surface area contributed by atoms with Crippen LogP contribution in [0.1, 0.15) is 18.4 Å². The van der Waals surface area contributed by atoms with Crippen LogP contribution < -0.4 is 4.74 Å². The van der Waals surface area contributed by atoms with Crippen LogP contribution >= 0.6 is 39.9 Å². The second-order valence-electron chi connectivity index (χ2n) is 7.99. The number of aromatic nitrogens is 2. The minimum absolute atomic E-state index is 0.0508. The molecule has 0 N–H and O–H groups in total. The second kappa shape index (κ2) is 10.0. The van der Waals surface area contributed by atoms with Crippen molar-refractivity contribution in [1.29, 1.82) is 0 Å². The Labute approximate surface area is 216 Å². The van der Waals surface area contributed by atoms with E-state index in [2.05, 4.69) is 15.9 Å². The Bertz CT molecular complexity index is 1270. The average molecular weight is 557 g/mol. The Morgan fingerprint density at radius 3 is 2.82 bits per heavy atom. The summed E-state index contributed by atoms with van der Waals surface area (Å²) < 4.78 is 14.3. The maximum absolute atomic E-state index is 13.2. The smallest absolute Gasteiger partial charge is 0.266 e. The van der Waals surface area contributed by atoms with E-state index in [0.29, 0.717) is 15.8 Å². The van der Waals surface area contributed by atoms with Gasteiger partial charge < -0.3 is 9.47 Å². The molecule has 1 amide bonds. The number of carbonyl (C=O) groups is 1. The van der Waals surface area contributed by atoms with E-state index >= 15 is 0 Å². The number of nitrogens with zero attached hydrogens (tertiary/aromatic N) is 3. The minimum atomic E-state index is -0.0835. The molecule has 2 aliphatic rings. The van der Waals surface area contributed by atoms with E-state index in [4.69, 9.17) is 26.8 Å². The van der Waals surface area contributed by atoms with Crippen molar-refractivity contribution in [3.05, 3.63) is 69.7 Å². The molecule has 2 aliphatic heterocycles. The lowest BCUT2D eigenvalue weighted by atomic mass is 10.1. The molecule has 2 saturated heterocycles. The topological polar surface area (TPSA) is 56.6 Å². The first-order chi connectivity index (χ1) is 16.5. The third-order valence-electron chi connectivity index (χ3n) is 5.76. The first-order valence-corrected chi connectivity index (χ1v) is 12.9. The molecule has 0 saturated carbocycles. The van der Waals surface area contributed by atoms with Crippen molar-refractivity contribution in [1.82, 2.24) is 14.7 Å². The van der Waals surface area contributed by atoms with E-state index in [-0.39, 0.29) is 12.0 Å². The minimum Gasteiger partial charge on any atom is -0.496 e. The van der Waals surface area contributed by atoms with Gasteiger partial charge >= 0.3 is 0 Å². The first kappa shape index (κ1) is 23.3. The van der Waals surface area contributed by atoms with Gasteiger partial charge in [-0.2, -0.15) is 5.10 Å². The molecule has 174 valence electrons. The lowest BCUT2D eigenvalue weighted by Crippen LogP contribution is -2.35. The molecule has 2 aromatic carbocycles. The standard InChI is InChI=1S/C25H22BrN3O3S2/c1-31-21-10-9-16(12-20(21)26)23-17(14-29(27-23)18-6-3-2-4-7-18)13-22-24(30)28(25(33)34-22)15-19-8-5-11-32-19/h2-4,6-7,9-10,12-14,19H,5,8,11,15H2,1H3/b22-13-/t19-/m1/s1. The van der Waals surface area contributed by atoms with E-state index in [1.54, 1.807) is 12.0 Å². The van der Waals surface area contributed by atoms with Crippen molar-refractivity contribution in [2.75, 3.05) is 20.3 Å². The van der Waals surface area contributed by atoms with Gasteiger partial charge in [-0.1, -0.05) is 42.2 Å². The largest absolute Gasteiger partial charge is 0.496 e. The average Bonchev–Trinajstić information content (AvgIpc) is 3.57. The highest BCUT2D eigenvalue weighted by Gasteiger charge is 2.35. The van der Waals surface area contributed by atoms with Gasteiger partial charge in [0.25, 0.3) is 5.91 Å². The number of hydrogen-bond donors (Lipinski definition) is 0. The summed E-state index contributed by atoms with van der Waals surface area (Å²) in [6.07, 6.45) is 5.85. The van der Waals surface area contributed by atoms with Crippen LogP contribution in [0.15, 0.2) is 64.1 Å². The van der Waals surface area contributed by atoms with Crippen LogP contribution in [0.4, 0.5) is 0 Å². The number of para-hydroxylation sites is 1. The highest BCUT2D eigenvalue weighted by molar-refractivity contribution is 9.10. The van der Waals surface area contributed by atoms with Gasteiger partial charge in [-0.05, 0) is 65.2 Å². The molecule has 1 atom stereocenters. The normalized spacial score (nSPS) is 19.4. The molecule has 0 bridgehead atoms. The van der Waals surface area contributed by atoms with Crippen LogP contribution in [0.5, 0.6) is 5.75 Å².